The first kappa shape index (κ1) is 14.1. The highest BCUT2D eigenvalue weighted by Crippen LogP contribution is 2.44. The van der Waals surface area contributed by atoms with Crippen LogP contribution in [0.4, 0.5) is 0 Å². The largest absolute Gasteiger partial charge is 0.0836 e. The second-order valence-electron chi connectivity index (χ2n) is 5.71. The van der Waals surface area contributed by atoms with E-state index in [1.165, 1.54) is 36.0 Å². The molecule has 18 heavy (non-hydrogen) atoms. The zero-order valence-corrected chi connectivity index (χ0v) is 13.5. The molecular formula is C17H25Br. The zero-order chi connectivity index (χ0) is 13.1. The Balaban J connectivity index is 2.22. The molecule has 0 bridgehead atoms. The Morgan fingerprint density at radius 3 is 2.44 bits per heavy atom. The summed E-state index contributed by atoms with van der Waals surface area (Å²) in [7, 11) is 0. The minimum Gasteiger partial charge on any atom is -0.0836 e. The first-order chi connectivity index (χ1) is 8.67. The summed E-state index contributed by atoms with van der Waals surface area (Å²) < 4.78 is 0. The highest BCUT2D eigenvalue weighted by atomic mass is 79.9. The summed E-state index contributed by atoms with van der Waals surface area (Å²) >= 11 is 3.96. The third-order valence-electron chi connectivity index (χ3n) is 4.61. The zero-order valence-electron chi connectivity index (χ0n) is 11.9. The van der Waals surface area contributed by atoms with Crippen LogP contribution in [0.25, 0.3) is 0 Å². The lowest BCUT2D eigenvalue weighted by Crippen LogP contribution is -2.11. The van der Waals surface area contributed by atoms with Gasteiger partial charge in [0.1, 0.15) is 0 Å². The number of halogens is 1. The molecule has 1 aliphatic rings. The Bertz CT molecular complexity index is 397. The molecule has 1 heteroatoms. The van der Waals surface area contributed by atoms with Crippen LogP contribution < -0.4 is 0 Å². The van der Waals surface area contributed by atoms with Gasteiger partial charge in [-0.2, -0.15) is 0 Å². The number of aryl methyl sites for hydroxylation is 2. The minimum atomic E-state index is 0.547. The van der Waals surface area contributed by atoms with Gasteiger partial charge >= 0.3 is 0 Å². The standard InChI is InChI=1S/C17H25Br/c1-4-13-9-10-15(11-14(13)5-2)17(18)16-8-6-7-12(16)3/h9-12,16-17H,4-8H2,1-3H3. The molecule has 0 nitrogen and oxygen atoms in total. The van der Waals surface area contributed by atoms with E-state index in [1.807, 2.05) is 0 Å². The predicted octanol–water partition coefficient (Wildman–Crippen LogP) is 5.68. The lowest BCUT2D eigenvalue weighted by atomic mass is 9.89. The van der Waals surface area contributed by atoms with Crippen LogP contribution in [0.5, 0.6) is 0 Å². The van der Waals surface area contributed by atoms with Crippen molar-refractivity contribution in [2.24, 2.45) is 11.8 Å². The summed E-state index contributed by atoms with van der Waals surface area (Å²) in [6, 6.07) is 7.10. The first-order valence-corrected chi connectivity index (χ1v) is 8.34. The third kappa shape index (κ3) is 2.82. The van der Waals surface area contributed by atoms with Crippen molar-refractivity contribution in [3.05, 3.63) is 34.9 Å². The van der Waals surface area contributed by atoms with Gasteiger partial charge in [-0.15, -0.1) is 0 Å². The smallest absolute Gasteiger partial charge is 0.0426 e. The monoisotopic (exact) mass is 308 g/mol. The van der Waals surface area contributed by atoms with Gasteiger partial charge in [-0.25, -0.2) is 0 Å². The van der Waals surface area contributed by atoms with Crippen LogP contribution in [0, 0.1) is 11.8 Å². The van der Waals surface area contributed by atoms with Crippen molar-refractivity contribution in [3.63, 3.8) is 0 Å². The van der Waals surface area contributed by atoms with Gasteiger partial charge in [-0.1, -0.05) is 67.7 Å². The van der Waals surface area contributed by atoms with E-state index < -0.39 is 0 Å². The Kier molecular flexibility index (Phi) is 4.89. The van der Waals surface area contributed by atoms with Gasteiger partial charge in [0.15, 0.2) is 0 Å². The molecule has 1 fully saturated rings. The van der Waals surface area contributed by atoms with E-state index in [2.05, 4.69) is 54.9 Å². The van der Waals surface area contributed by atoms with Crippen molar-refractivity contribution in [1.29, 1.82) is 0 Å². The average molecular weight is 309 g/mol. The maximum atomic E-state index is 3.96. The fraction of sp³-hybridized carbons (Fsp3) is 0.647. The van der Waals surface area contributed by atoms with Crippen LogP contribution in [-0.2, 0) is 12.8 Å². The molecular weight excluding hydrogens is 284 g/mol. The van der Waals surface area contributed by atoms with Crippen LogP contribution in [0.15, 0.2) is 18.2 Å². The van der Waals surface area contributed by atoms with Crippen LogP contribution >= 0.6 is 15.9 Å². The van der Waals surface area contributed by atoms with E-state index >= 15 is 0 Å². The number of rotatable bonds is 4. The highest BCUT2D eigenvalue weighted by molar-refractivity contribution is 9.09. The van der Waals surface area contributed by atoms with Crippen molar-refractivity contribution < 1.29 is 0 Å². The Morgan fingerprint density at radius 1 is 1.17 bits per heavy atom. The molecule has 0 radical (unpaired) electrons. The third-order valence-corrected chi connectivity index (χ3v) is 5.82. The lowest BCUT2D eigenvalue weighted by molar-refractivity contribution is 0.414. The summed E-state index contributed by atoms with van der Waals surface area (Å²) in [6.07, 6.45) is 6.49. The van der Waals surface area contributed by atoms with E-state index in [-0.39, 0.29) is 0 Å². The summed E-state index contributed by atoms with van der Waals surface area (Å²) in [6.45, 7) is 6.92. The Morgan fingerprint density at radius 2 is 1.89 bits per heavy atom. The van der Waals surface area contributed by atoms with Crippen molar-refractivity contribution in [3.8, 4) is 0 Å². The molecule has 100 valence electrons. The van der Waals surface area contributed by atoms with Gasteiger partial charge in [0, 0.05) is 4.83 Å². The van der Waals surface area contributed by atoms with E-state index in [9.17, 15) is 0 Å². The number of hydrogen-bond acceptors (Lipinski definition) is 0. The number of benzene rings is 1. The summed E-state index contributed by atoms with van der Waals surface area (Å²) in [4.78, 5) is 0.547. The Hall–Kier alpha value is -0.300. The lowest BCUT2D eigenvalue weighted by Gasteiger charge is -2.23. The maximum absolute atomic E-state index is 3.96. The topological polar surface area (TPSA) is 0 Å². The van der Waals surface area contributed by atoms with Crippen LogP contribution in [0.1, 0.15) is 61.6 Å². The molecule has 1 aromatic rings. The molecule has 3 atom stereocenters. The van der Waals surface area contributed by atoms with Gasteiger partial charge < -0.3 is 0 Å². The van der Waals surface area contributed by atoms with Gasteiger partial charge in [0.05, 0.1) is 0 Å². The SMILES string of the molecule is CCc1ccc(C(Br)C2CCCC2C)cc1CC. The predicted molar refractivity (Wildman–Crippen MR) is 83.4 cm³/mol. The summed E-state index contributed by atoms with van der Waals surface area (Å²) in [5.41, 5.74) is 4.54. The van der Waals surface area contributed by atoms with Crippen LogP contribution in [-0.4, -0.2) is 0 Å². The molecule has 3 unspecified atom stereocenters. The number of alkyl halides is 1. The number of hydrogen-bond donors (Lipinski definition) is 0. The molecule has 0 aromatic heterocycles. The fourth-order valence-electron chi connectivity index (χ4n) is 3.35. The highest BCUT2D eigenvalue weighted by Gasteiger charge is 2.30. The summed E-state index contributed by atoms with van der Waals surface area (Å²) in [5.74, 6) is 1.69. The molecule has 0 heterocycles. The van der Waals surface area contributed by atoms with Gasteiger partial charge in [0.25, 0.3) is 0 Å². The quantitative estimate of drug-likeness (QED) is 0.627. The molecule has 0 saturated heterocycles. The minimum absolute atomic E-state index is 0.547. The van der Waals surface area contributed by atoms with Gasteiger partial charge in [0.2, 0.25) is 0 Å². The summed E-state index contributed by atoms with van der Waals surface area (Å²) in [5, 5.41) is 0. The van der Waals surface area contributed by atoms with E-state index in [0.29, 0.717) is 4.83 Å². The molecule has 1 aliphatic carbocycles. The normalized spacial score (nSPS) is 25.3. The van der Waals surface area contributed by atoms with Crippen molar-refractivity contribution in [1.82, 2.24) is 0 Å². The molecule has 0 N–H and O–H groups in total. The Labute approximate surface area is 120 Å². The molecule has 1 saturated carbocycles. The van der Waals surface area contributed by atoms with Crippen molar-refractivity contribution in [2.45, 2.75) is 57.7 Å². The van der Waals surface area contributed by atoms with E-state index in [0.717, 1.165) is 24.7 Å². The maximum Gasteiger partial charge on any atom is 0.0426 e. The first-order valence-electron chi connectivity index (χ1n) is 7.43. The molecule has 2 rings (SSSR count). The molecule has 1 aromatic carbocycles. The van der Waals surface area contributed by atoms with Gasteiger partial charge in [-0.05, 0) is 47.8 Å². The van der Waals surface area contributed by atoms with Crippen molar-refractivity contribution >= 4 is 15.9 Å². The molecule has 0 aliphatic heterocycles. The second-order valence-corrected chi connectivity index (χ2v) is 6.70. The van der Waals surface area contributed by atoms with Crippen LogP contribution in [0.3, 0.4) is 0 Å². The average Bonchev–Trinajstić information content (AvgIpc) is 2.83. The fourth-order valence-corrected chi connectivity index (χ4v) is 4.42. The second kappa shape index (κ2) is 6.23. The van der Waals surface area contributed by atoms with E-state index in [4.69, 9.17) is 0 Å². The van der Waals surface area contributed by atoms with E-state index in [1.54, 1.807) is 0 Å². The van der Waals surface area contributed by atoms with Crippen LogP contribution in [0.2, 0.25) is 0 Å². The van der Waals surface area contributed by atoms with Crippen molar-refractivity contribution in [2.75, 3.05) is 0 Å². The molecule has 0 amide bonds. The molecule has 0 spiro atoms. The van der Waals surface area contributed by atoms with Gasteiger partial charge in [-0.3, -0.25) is 0 Å².